The van der Waals surface area contributed by atoms with Crippen molar-refractivity contribution in [3.63, 3.8) is 0 Å². The summed E-state index contributed by atoms with van der Waals surface area (Å²) in [6.07, 6.45) is 2.96. The van der Waals surface area contributed by atoms with Gasteiger partial charge in [0.25, 0.3) is 0 Å². The lowest BCUT2D eigenvalue weighted by atomic mass is 10.2. The normalized spacial score (nSPS) is 8.96. The molecule has 2 aromatic rings. The Morgan fingerprint density at radius 3 is 2.30 bits per heavy atom. The second-order valence-corrected chi connectivity index (χ2v) is 4.78. The third-order valence-electron chi connectivity index (χ3n) is 3.02. The molecule has 0 unspecified atom stereocenters. The van der Waals surface area contributed by atoms with Gasteiger partial charge in [0.15, 0.2) is 0 Å². The number of para-hydroxylation sites is 2. The molecule has 132 valence electrons. The third kappa shape index (κ3) is 7.85. The minimum absolute atomic E-state index is 0. The van der Waals surface area contributed by atoms with Crippen molar-refractivity contribution in [2.45, 2.75) is 13.3 Å². The molecule has 0 saturated carbocycles. The Kier molecular flexibility index (Phi) is 13.0. The van der Waals surface area contributed by atoms with Crippen LogP contribution in [0.4, 0.5) is 17.2 Å². The van der Waals surface area contributed by atoms with E-state index in [0.717, 1.165) is 42.3 Å². The summed E-state index contributed by atoms with van der Waals surface area (Å²) in [5.41, 5.74) is 3.31. The van der Waals surface area contributed by atoms with Crippen LogP contribution in [0, 0.1) is 6.92 Å². The first-order chi connectivity index (χ1) is 9.79. The maximum Gasteiger partial charge on any atom is 0.130 e. The van der Waals surface area contributed by atoms with Crippen molar-refractivity contribution in [1.29, 1.82) is 0 Å². The van der Waals surface area contributed by atoms with Crippen LogP contribution in [0.25, 0.3) is 0 Å². The molecule has 0 amide bonds. The molecular formula is C16H30N4O2S. The van der Waals surface area contributed by atoms with E-state index < -0.39 is 0 Å². The SMILES string of the molecule is CNCCCNc1ccccc1Nc1ccc(C)cn1.O.O.S.[HH]. The number of benzene rings is 1. The topological polar surface area (TPSA) is 112 Å². The van der Waals surface area contributed by atoms with Crippen molar-refractivity contribution in [1.82, 2.24) is 10.3 Å². The number of anilines is 3. The zero-order valence-corrected chi connectivity index (χ0v) is 14.6. The van der Waals surface area contributed by atoms with Crippen molar-refractivity contribution in [3.05, 3.63) is 48.2 Å². The average molecular weight is 343 g/mol. The molecule has 0 atom stereocenters. The van der Waals surface area contributed by atoms with E-state index in [9.17, 15) is 0 Å². The molecule has 0 saturated heterocycles. The average Bonchev–Trinajstić information content (AvgIpc) is 2.47. The summed E-state index contributed by atoms with van der Waals surface area (Å²) >= 11 is 0. The van der Waals surface area contributed by atoms with Gasteiger partial charge in [-0.3, -0.25) is 0 Å². The number of nitrogens with one attached hydrogen (secondary N) is 3. The van der Waals surface area contributed by atoms with Gasteiger partial charge in [-0.25, -0.2) is 4.98 Å². The number of aromatic nitrogens is 1. The molecule has 7 heteroatoms. The second-order valence-electron chi connectivity index (χ2n) is 4.78. The molecule has 6 nitrogen and oxygen atoms in total. The van der Waals surface area contributed by atoms with Crippen molar-refractivity contribution in [2.24, 2.45) is 0 Å². The zero-order chi connectivity index (χ0) is 14.2. The Morgan fingerprint density at radius 2 is 1.70 bits per heavy atom. The highest BCUT2D eigenvalue weighted by Gasteiger charge is 2.02. The molecule has 1 aromatic carbocycles. The number of rotatable bonds is 7. The van der Waals surface area contributed by atoms with Crippen LogP contribution in [0.1, 0.15) is 13.4 Å². The maximum absolute atomic E-state index is 4.38. The number of hydrogen-bond acceptors (Lipinski definition) is 4. The van der Waals surface area contributed by atoms with Gasteiger partial charge in [-0.2, -0.15) is 13.5 Å². The van der Waals surface area contributed by atoms with E-state index >= 15 is 0 Å². The summed E-state index contributed by atoms with van der Waals surface area (Å²) in [5, 5.41) is 9.95. The van der Waals surface area contributed by atoms with Crippen molar-refractivity contribution in [3.8, 4) is 0 Å². The Bertz CT molecular complexity index is 544. The number of hydrogen-bond donors (Lipinski definition) is 3. The lowest BCUT2D eigenvalue weighted by Gasteiger charge is -2.13. The fourth-order valence-electron chi connectivity index (χ4n) is 1.91. The molecule has 0 aliphatic heterocycles. The van der Waals surface area contributed by atoms with Crippen LogP contribution in [-0.4, -0.2) is 36.1 Å². The first-order valence-electron chi connectivity index (χ1n) is 6.97. The summed E-state index contributed by atoms with van der Waals surface area (Å²) in [6.45, 7) is 4.00. The molecule has 0 aliphatic rings. The quantitative estimate of drug-likeness (QED) is 0.667. The highest BCUT2D eigenvalue weighted by molar-refractivity contribution is 7.59. The predicted molar refractivity (Wildman–Crippen MR) is 105 cm³/mol. The zero-order valence-electron chi connectivity index (χ0n) is 13.6. The van der Waals surface area contributed by atoms with Crippen LogP contribution in [0.15, 0.2) is 42.6 Å². The van der Waals surface area contributed by atoms with Gasteiger partial charge in [0.1, 0.15) is 5.82 Å². The molecule has 7 N–H and O–H groups in total. The number of nitrogens with zero attached hydrogens (tertiary/aromatic N) is 1. The van der Waals surface area contributed by atoms with E-state index in [4.69, 9.17) is 0 Å². The fraction of sp³-hybridized carbons (Fsp3) is 0.312. The van der Waals surface area contributed by atoms with Gasteiger partial charge in [0.2, 0.25) is 0 Å². The molecule has 0 radical (unpaired) electrons. The van der Waals surface area contributed by atoms with Gasteiger partial charge in [0.05, 0.1) is 11.4 Å². The van der Waals surface area contributed by atoms with Crippen LogP contribution < -0.4 is 16.0 Å². The van der Waals surface area contributed by atoms with Gasteiger partial charge in [-0.15, -0.1) is 0 Å². The van der Waals surface area contributed by atoms with E-state index in [1.165, 1.54) is 0 Å². The molecule has 0 spiro atoms. The third-order valence-corrected chi connectivity index (χ3v) is 3.02. The van der Waals surface area contributed by atoms with E-state index in [1.807, 2.05) is 38.4 Å². The van der Waals surface area contributed by atoms with Crippen molar-refractivity contribution < 1.29 is 12.4 Å². The standard InChI is InChI=1S/C16H22N4.2H2O.H2S.H2/c1-13-8-9-16(19-12-13)20-15-7-4-3-6-14(15)18-11-5-10-17-2;;;;/h3-4,6-9,12,17-18H,5,10-11H2,1-2H3,(H,19,20);3*1H2;1H. The molecular weight excluding hydrogens is 312 g/mol. The Balaban J connectivity index is -0.00000110. The second kappa shape index (κ2) is 12.7. The van der Waals surface area contributed by atoms with Gasteiger partial charge in [-0.05, 0) is 50.7 Å². The van der Waals surface area contributed by atoms with Crippen molar-refractivity contribution in [2.75, 3.05) is 30.8 Å². The van der Waals surface area contributed by atoms with E-state index in [-0.39, 0.29) is 25.9 Å². The molecule has 0 aliphatic carbocycles. The van der Waals surface area contributed by atoms with Gasteiger partial charge in [0, 0.05) is 14.2 Å². The van der Waals surface area contributed by atoms with E-state index in [2.05, 4.69) is 39.1 Å². The molecule has 1 aromatic heterocycles. The molecule has 23 heavy (non-hydrogen) atoms. The lowest BCUT2D eigenvalue weighted by Crippen LogP contribution is -2.13. The van der Waals surface area contributed by atoms with E-state index in [1.54, 1.807) is 0 Å². The summed E-state index contributed by atoms with van der Waals surface area (Å²) < 4.78 is 0. The first kappa shape index (κ1) is 23.5. The maximum atomic E-state index is 4.38. The molecule has 0 bridgehead atoms. The smallest absolute Gasteiger partial charge is 0.130 e. The van der Waals surface area contributed by atoms with E-state index in [0.29, 0.717) is 0 Å². The van der Waals surface area contributed by atoms with Crippen LogP contribution in [0.2, 0.25) is 0 Å². The summed E-state index contributed by atoms with van der Waals surface area (Å²) in [4.78, 5) is 4.38. The van der Waals surface area contributed by atoms with Crippen molar-refractivity contribution >= 4 is 30.7 Å². The predicted octanol–water partition coefficient (Wildman–Crippen LogP) is 1.86. The highest BCUT2D eigenvalue weighted by atomic mass is 32.1. The highest BCUT2D eigenvalue weighted by Crippen LogP contribution is 2.24. The largest absolute Gasteiger partial charge is 0.412 e. The summed E-state index contributed by atoms with van der Waals surface area (Å²) in [6, 6.07) is 12.2. The van der Waals surface area contributed by atoms with Crippen LogP contribution in [0.5, 0.6) is 0 Å². The number of aryl methyl sites for hydroxylation is 1. The Morgan fingerprint density at radius 1 is 1.00 bits per heavy atom. The number of pyridine rings is 1. The minimum atomic E-state index is 0. The summed E-state index contributed by atoms with van der Waals surface area (Å²) in [5.74, 6) is 0.861. The monoisotopic (exact) mass is 342 g/mol. The minimum Gasteiger partial charge on any atom is -0.412 e. The van der Waals surface area contributed by atoms with Gasteiger partial charge in [-0.1, -0.05) is 18.2 Å². The summed E-state index contributed by atoms with van der Waals surface area (Å²) in [7, 11) is 1.97. The van der Waals surface area contributed by atoms with Crippen LogP contribution in [-0.2, 0) is 0 Å². The molecule has 1 heterocycles. The van der Waals surface area contributed by atoms with Gasteiger partial charge < -0.3 is 26.9 Å². The van der Waals surface area contributed by atoms with Crippen LogP contribution in [0.3, 0.4) is 0 Å². The Hall–Kier alpha value is -1.80. The lowest BCUT2D eigenvalue weighted by molar-refractivity contribution is 0.748. The van der Waals surface area contributed by atoms with Gasteiger partial charge >= 0.3 is 0 Å². The molecule has 2 rings (SSSR count). The molecule has 0 fully saturated rings. The van der Waals surface area contributed by atoms with Crippen LogP contribution >= 0.6 is 13.5 Å². The fourth-order valence-corrected chi connectivity index (χ4v) is 1.91. The Labute approximate surface area is 146 Å². The first-order valence-corrected chi connectivity index (χ1v) is 6.97.